The molecular weight excluding hydrogens is 276 g/mol. The van der Waals surface area contributed by atoms with Crippen molar-refractivity contribution in [1.82, 2.24) is 0 Å². The van der Waals surface area contributed by atoms with Gasteiger partial charge in [-0.25, -0.2) is 4.79 Å². The van der Waals surface area contributed by atoms with Crippen molar-refractivity contribution in [3.63, 3.8) is 0 Å². The number of hydrogen-bond acceptors (Lipinski definition) is 4. The van der Waals surface area contributed by atoms with Crippen LogP contribution in [0.25, 0.3) is 6.08 Å². The van der Waals surface area contributed by atoms with Crippen molar-refractivity contribution in [1.29, 1.82) is 5.26 Å². The Morgan fingerprint density at radius 3 is 2.50 bits per heavy atom. The van der Waals surface area contributed by atoms with Gasteiger partial charge < -0.3 is 9.64 Å². The predicted octanol–water partition coefficient (Wildman–Crippen LogP) is 2.86. The van der Waals surface area contributed by atoms with E-state index < -0.39 is 5.97 Å². The van der Waals surface area contributed by atoms with Gasteiger partial charge in [-0.2, -0.15) is 5.26 Å². The summed E-state index contributed by atoms with van der Waals surface area (Å²) in [6, 6.07) is 6.19. The zero-order valence-electron chi connectivity index (χ0n) is 12.9. The minimum atomic E-state index is -0.544. The smallest absolute Gasteiger partial charge is 0.348 e. The highest BCUT2D eigenvalue weighted by atomic mass is 16.5. The van der Waals surface area contributed by atoms with Gasteiger partial charge in [0, 0.05) is 18.8 Å². The van der Waals surface area contributed by atoms with E-state index >= 15 is 0 Å². The molecule has 0 radical (unpaired) electrons. The average molecular weight is 296 g/mol. The number of carbonyl (C=O) groups is 1. The van der Waals surface area contributed by atoms with Crippen LogP contribution >= 0.6 is 0 Å². The Hall–Kier alpha value is -2.28. The molecule has 0 aromatic heterocycles. The summed E-state index contributed by atoms with van der Waals surface area (Å²) in [5.41, 5.74) is 5.08. The van der Waals surface area contributed by atoms with E-state index in [1.165, 1.54) is 29.7 Å². The molecule has 0 fully saturated rings. The van der Waals surface area contributed by atoms with Crippen LogP contribution in [0.15, 0.2) is 17.7 Å². The molecule has 4 nitrogen and oxygen atoms in total. The first kappa shape index (κ1) is 14.6. The van der Waals surface area contributed by atoms with Gasteiger partial charge in [0.25, 0.3) is 0 Å². The van der Waals surface area contributed by atoms with E-state index in [-0.39, 0.29) is 12.2 Å². The number of hydrogen-bond donors (Lipinski definition) is 0. The predicted molar refractivity (Wildman–Crippen MR) is 85.5 cm³/mol. The maximum Gasteiger partial charge on any atom is 0.348 e. The Morgan fingerprint density at radius 2 is 1.95 bits per heavy atom. The third-order valence-electron chi connectivity index (χ3n) is 4.28. The normalized spacial score (nSPS) is 16.7. The van der Waals surface area contributed by atoms with Gasteiger partial charge in [0.1, 0.15) is 11.6 Å². The topological polar surface area (TPSA) is 53.3 Å². The van der Waals surface area contributed by atoms with Gasteiger partial charge in [-0.3, -0.25) is 0 Å². The minimum Gasteiger partial charge on any atom is -0.462 e. The van der Waals surface area contributed by atoms with Crippen LogP contribution in [-0.2, 0) is 22.4 Å². The second-order valence-electron chi connectivity index (χ2n) is 5.77. The fraction of sp³-hybridized carbons (Fsp3) is 0.444. The Bertz CT molecular complexity index is 639. The van der Waals surface area contributed by atoms with Crippen molar-refractivity contribution in [2.45, 2.75) is 32.6 Å². The fourth-order valence-electron chi connectivity index (χ4n) is 3.43. The summed E-state index contributed by atoms with van der Waals surface area (Å²) >= 11 is 0. The van der Waals surface area contributed by atoms with Gasteiger partial charge in [-0.15, -0.1) is 0 Å². The molecule has 0 unspecified atom stereocenters. The number of rotatable bonds is 3. The van der Waals surface area contributed by atoms with Crippen LogP contribution in [0.5, 0.6) is 0 Å². The van der Waals surface area contributed by atoms with E-state index in [9.17, 15) is 10.1 Å². The first-order chi connectivity index (χ1) is 10.7. The summed E-state index contributed by atoms with van der Waals surface area (Å²) in [4.78, 5) is 14.2. The maximum atomic E-state index is 11.8. The van der Waals surface area contributed by atoms with Crippen LogP contribution in [-0.4, -0.2) is 25.7 Å². The highest BCUT2D eigenvalue weighted by molar-refractivity contribution is 5.98. The first-order valence-corrected chi connectivity index (χ1v) is 7.92. The number of esters is 1. The molecule has 4 heteroatoms. The van der Waals surface area contributed by atoms with Crippen LogP contribution in [0.1, 0.15) is 36.5 Å². The zero-order valence-corrected chi connectivity index (χ0v) is 12.9. The van der Waals surface area contributed by atoms with Crippen LogP contribution < -0.4 is 4.90 Å². The Balaban J connectivity index is 1.99. The third kappa shape index (κ3) is 2.71. The lowest BCUT2D eigenvalue weighted by atomic mass is 9.90. The van der Waals surface area contributed by atoms with Gasteiger partial charge in [-0.05, 0) is 67.5 Å². The van der Waals surface area contributed by atoms with E-state index in [2.05, 4.69) is 17.0 Å². The van der Waals surface area contributed by atoms with Crippen LogP contribution in [0.3, 0.4) is 0 Å². The monoisotopic (exact) mass is 296 g/mol. The van der Waals surface area contributed by atoms with Gasteiger partial charge in [0.15, 0.2) is 0 Å². The molecule has 0 atom stereocenters. The Morgan fingerprint density at radius 1 is 1.32 bits per heavy atom. The summed E-state index contributed by atoms with van der Waals surface area (Å²) < 4.78 is 4.93. The van der Waals surface area contributed by atoms with Crippen molar-refractivity contribution in [3.8, 4) is 6.07 Å². The number of aryl methyl sites for hydroxylation is 2. The van der Waals surface area contributed by atoms with Crippen LogP contribution in [0.2, 0.25) is 0 Å². The number of ether oxygens (including phenoxy) is 1. The average Bonchev–Trinajstić information content (AvgIpc) is 2.53. The van der Waals surface area contributed by atoms with Crippen LogP contribution in [0.4, 0.5) is 5.69 Å². The second kappa shape index (κ2) is 6.23. The summed E-state index contributed by atoms with van der Waals surface area (Å²) in [5.74, 6) is -0.544. The van der Waals surface area contributed by atoms with E-state index in [0.717, 1.165) is 31.5 Å². The van der Waals surface area contributed by atoms with Crippen molar-refractivity contribution < 1.29 is 9.53 Å². The summed E-state index contributed by atoms with van der Waals surface area (Å²) in [6.07, 6.45) is 6.14. The quantitative estimate of drug-likeness (QED) is 0.489. The third-order valence-corrected chi connectivity index (χ3v) is 4.28. The molecule has 1 aromatic carbocycles. The van der Waals surface area contributed by atoms with Crippen molar-refractivity contribution in [3.05, 3.63) is 34.4 Å². The standard InChI is InChI=1S/C18H20N2O2/c1-2-22-18(21)16(12-19)11-13-9-14-5-3-7-20-8-4-6-15(10-13)17(14)20/h9-11H,2-8H2,1H3/b16-11+. The lowest BCUT2D eigenvalue weighted by Gasteiger charge is -2.37. The molecule has 1 aromatic rings. The number of nitriles is 1. The minimum absolute atomic E-state index is 0.0671. The molecule has 0 bridgehead atoms. The lowest BCUT2D eigenvalue weighted by Crippen LogP contribution is -2.34. The molecule has 22 heavy (non-hydrogen) atoms. The molecule has 2 aliphatic heterocycles. The van der Waals surface area contributed by atoms with Gasteiger partial charge >= 0.3 is 5.97 Å². The second-order valence-corrected chi connectivity index (χ2v) is 5.77. The summed E-state index contributed by atoms with van der Waals surface area (Å²) in [6.45, 7) is 4.30. The van der Waals surface area contributed by atoms with E-state index in [1.54, 1.807) is 13.0 Å². The molecule has 114 valence electrons. The molecule has 0 N–H and O–H groups in total. The molecule has 2 heterocycles. The molecule has 3 rings (SSSR count). The van der Waals surface area contributed by atoms with Gasteiger partial charge in [0.2, 0.25) is 0 Å². The number of carbonyl (C=O) groups excluding carboxylic acids is 1. The molecule has 0 aliphatic carbocycles. The van der Waals surface area contributed by atoms with E-state index in [4.69, 9.17) is 4.74 Å². The van der Waals surface area contributed by atoms with Gasteiger partial charge in [0.05, 0.1) is 6.61 Å². The summed E-state index contributed by atoms with van der Waals surface area (Å²) in [7, 11) is 0. The largest absolute Gasteiger partial charge is 0.462 e. The molecule has 0 saturated carbocycles. The Labute approximate surface area is 131 Å². The number of nitrogens with zero attached hydrogens (tertiary/aromatic N) is 2. The summed E-state index contributed by atoms with van der Waals surface area (Å²) in [5, 5.41) is 9.18. The molecule has 2 aliphatic rings. The fourth-order valence-corrected chi connectivity index (χ4v) is 3.43. The molecule has 0 amide bonds. The number of anilines is 1. The van der Waals surface area contributed by atoms with Crippen molar-refractivity contribution in [2.24, 2.45) is 0 Å². The van der Waals surface area contributed by atoms with Crippen LogP contribution in [0, 0.1) is 11.3 Å². The van der Waals surface area contributed by atoms with Crippen molar-refractivity contribution >= 4 is 17.7 Å². The first-order valence-electron chi connectivity index (χ1n) is 7.92. The zero-order chi connectivity index (χ0) is 15.5. The lowest BCUT2D eigenvalue weighted by molar-refractivity contribution is -0.137. The SMILES string of the molecule is CCOC(=O)/C(C#N)=C/c1cc2c3c(c1)CCCN3CCC2. The highest BCUT2D eigenvalue weighted by Crippen LogP contribution is 2.36. The Kier molecular flexibility index (Phi) is 4.15. The van der Waals surface area contributed by atoms with E-state index in [0.29, 0.717) is 0 Å². The maximum absolute atomic E-state index is 11.8. The molecule has 0 spiro atoms. The van der Waals surface area contributed by atoms with E-state index in [1.807, 2.05) is 6.07 Å². The van der Waals surface area contributed by atoms with Crippen molar-refractivity contribution in [2.75, 3.05) is 24.6 Å². The molecule has 0 saturated heterocycles. The molecular formula is C18H20N2O2. The number of benzene rings is 1. The van der Waals surface area contributed by atoms with Gasteiger partial charge in [-0.1, -0.05) is 0 Å². The highest BCUT2D eigenvalue weighted by Gasteiger charge is 2.24.